The molecule has 3 N–H and O–H groups in total. The summed E-state index contributed by atoms with van der Waals surface area (Å²) in [6.07, 6.45) is 3.67. The molecule has 0 radical (unpaired) electrons. The van der Waals surface area contributed by atoms with E-state index in [1.165, 1.54) is 0 Å². The maximum atomic E-state index is 5.56. The van der Waals surface area contributed by atoms with Gasteiger partial charge in [-0.25, -0.2) is 0 Å². The van der Waals surface area contributed by atoms with Crippen LogP contribution < -0.4 is 15.8 Å². The molecule has 18 heavy (non-hydrogen) atoms. The first-order valence-corrected chi connectivity index (χ1v) is 5.53. The molecule has 0 aliphatic heterocycles. The molecule has 2 aromatic rings. The fourth-order valence-electron chi connectivity index (χ4n) is 1.39. The van der Waals surface area contributed by atoms with Gasteiger partial charge in [0.25, 0.3) is 0 Å². The number of nitrogens with two attached hydrogens (primary N) is 1. The number of anilines is 2. The van der Waals surface area contributed by atoms with Gasteiger partial charge in [0, 0.05) is 25.4 Å². The molecule has 0 spiro atoms. The maximum absolute atomic E-state index is 5.56. The smallest absolute Gasteiger partial charge is 0.323 e. The van der Waals surface area contributed by atoms with Gasteiger partial charge in [0.05, 0.1) is 12.8 Å². The Bertz CT molecular complexity index is 525. The molecule has 0 amide bonds. The standard InChI is InChI=1S/C10H15N7O/c1-3-18-10-15-8(11)14-9(16-10)12-4-7-5-13-17(2)6-7/h5-6H,3-4H2,1-2H3,(H3,11,12,14,15,16). The van der Waals surface area contributed by atoms with E-state index in [1.54, 1.807) is 10.9 Å². The van der Waals surface area contributed by atoms with E-state index >= 15 is 0 Å². The first-order valence-electron chi connectivity index (χ1n) is 5.53. The molecule has 0 atom stereocenters. The largest absolute Gasteiger partial charge is 0.464 e. The molecular formula is C10H15N7O. The van der Waals surface area contributed by atoms with Crippen molar-refractivity contribution in [3.05, 3.63) is 18.0 Å². The van der Waals surface area contributed by atoms with Crippen LogP contribution in [-0.2, 0) is 13.6 Å². The van der Waals surface area contributed by atoms with E-state index in [4.69, 9.17) is 10.5 Å². The van der Waals surface area contributed by atoms with Crippen molar-refractivity contribution in [2.24, 2.45) is 7.05 Å². The number of aromatic nitrogens is 5. The molecule has 2 aromatic heterocycles. The van der Waals surface area contributed by atoms with Gasteiger partial charge in [-0.05, 0) is 6.92 Å². The Morgan fingerprint density at radius 3 is 2.89 bits per heavy atom. The van der Waals surface area contributed by atoms with E-state index in [-0.39, 0.29) is 12.0 Å². The van der Waals surface area contributed by atoms with Gasteiger partial charge in [-0.2, -0.15) is 20.1 Å². The van der Waals surface area contributed by atoms with Crippen LogP contribution in [0.3, 0.4) is 0 Å². The lowest BCUT2D eigenvalue weighted by molar-refractivity contribution is 0.312. The predicted octanol–water partition coefficient (Wildman–Crippen LogP) is 0.198. The van der Waals surface area contributed by atoms with Crippen LogP contribution in [0.25, 0.3) is 0 Å². The average molecular weight is 249 g/mol. The zero-order chi connectivity index (χ0) is 13.0. The fraction of sp³-hybridized carbons (Fsp3) is 0.400. The van der Waals surface area contributed by atoms with Crippen molar-refractivity contribution >= 4 is 11.9 Å². The molecule has 0 saturated heterocycles. The Kier molecular flexibility index (Phi) is 3.56. The van der Waals surface area contributed by atoms with Crippen molar-refractivity contribution < 1.29 is 4.74 Å². The second-order valence-corrected chi connectivity index (χ2v) is 3.61. The molecule has 8 heteroatoms. The Morgan fingerprint density at radius 1 is 1.39 bits per heavy atom. The second kappa shape index (κ2) is 5.30. The summed E-state index contributed by atoms with van der Waals surface area (Å²) in [7, 11) is 1.86. The summed E-state index contributed by atoms with van der Waals surface area (Å²) in [5, 5.41) is 7.11. The summed E-state index contributed by atoms with van der Waals surface area (Å²) in [5.41, 5.74) is 6.59. The number of hydrogen-bond donors (Lipinski definition) is 2. The lowest BCUT2D eigenvalue weighted by Crippen LogP contribution is -2.09. The monoisotopic (exact) mass is 249 g/mol. The van der Waals surface area contributed by atoms with Crippen molar-refractivity contribution in [1.82, 2.24) is 24.7 Å². The molecule has 96 valence electrons. The molecule has 0 aromatic carbocycles. The number of ether oxygens (including phenoxy) is 1. The van der Waals surface area contributed by atoms with Gasteiger partial charge in [0.1, 0.15) is 0 Å². The molecule has 0 aliphatic carbocycles. The Balaban J connectivity index is 2.04. The Hall–Kier alpha value is -2.38. The molecule has 0 bridgehead atoms. The minimum atomic E-state index is 0.127. The van der Waals surface area contributed by atoms with E-state index in [2.05, 4.69) is 25.4 Å². The number of nitrogens with zero attached hydrogens (tertiary/aromatic N) is 5. The van der Waals surface area contributed by atoms with Gasteiger partial charge in [-0.1, -0.05) is 0 Å². The first kappa shape index (κ1) is 12.1. The van der Waals surface area contributed by atoms with Crippen molar-refractivity contribution in [2.75, 3.05) is 17.7 Å². The number of rotatable bonds is 5. The highest BCUT2D eigenvalue weighted by Crippen LogP contribution is 2.09. The molecule has 0 fully saturated rings. The Morgan fingerprint density at radius 2 is 2.22 bits per heavy atom. The van der Waals surface area contributed by atoms with Gasteiger partial charge in [0.15, 0.2) is 0 Å². The van der Waals surface area contributed by atoms with Crippen molar-refractivity contribution in [3.63, 3.8) is 0 Å². The third-order valence-electron chi connectivity index (χ3n) is 2.11. The maximum Gasteiger partial charge on any atom is 0.323 e. The quantitative estimate of drug-likeness (QED) is 0.779. The molecule has 0 unspecified atom stereocenters. The molecular weight excluding hydrogens is 234 g/mol. The molecule has 2 heterocycles. The number of hydrogen-bond acceptors (Lipinski definition) is 7. The zero-order valence-electron chi connectivity index (χ0n) is 10.3. The number of nitrogen functional groups attached to an aromatic ring is 1. The summed E-state index contributed by atoms with van der Waals surface area (Å²) in [6.45, 7) is 2.89. The van der Waals surface area contributed by atoms with E-state index < -0.39 is 0 Å². The lowest BCUT2D eigenvalue weighted by Gasteiger charge is -2.06. The van der Waals surface area contributed by atoms with Gasteiger partial charge in [-0.3, -0.25) is 4.68 Å². The zero-order valence-corrected chi connectivity index (χ0v) is 10.3. The van der Waals surface area contributed by atoms with Gasteiger partial charge < -0.3 is 15.8 Å². The molecule has 8 nitrogen and oxygen atoms in total. The van der Waals surface area contributed by atoms with E-state index in [0.717, 1.165) is 5.56 Å². The fourth-order valence-corrected chi connectivity index (χ4v) is 1.39. The van der Waals surface area contributed by atoms with Crippen LogP contribution >= 0.6 is 0 Å². The summed E-state index contributed by atoms with van der Waals surface area (Å²) in [6, 6.07) is 0.221. The lowest BCUT2D eigenvalue weighted by atomic mass is 10.4. The van der Waals surface area contributed by atoms with Crippen LogP contribution in [0.2, 0.25) is 0 Å². The van der Waals surface area contributed by atoms with Gasteiger partial charge in [0.2, 0.25) is 11.9 Å². The van der Waals surface area contributed by atoms with Gasteiger partial charge >= 0.3 is 6.01 Å². The highest BCUT2D eigenvalue weighted by molar-refractivity contribution is 5.33. The molecule has 0 saturated carbocycles. The van der Waals surface area contributed by atoms with Crippen molar-refractivity contribution in [1.29, 1.82) is 0 Å². The minimum absolute atomic E-state index is 0.127. The van der Waals surface area contributed by atoms with Crippen molar-refractivity contribution in [2.45, 2.75) is 13.5 Å². The van der Waals surface area contributed by atoms with E-state index in [0.29, 0.717) is 19.1 Å². The van der Waals surface area contributed by atoms with E-state index in [9.17, 15) is 0 Å². The van der Waals surface area contributed by atoms with Crippen LogP contribution in [0.5, 0.6) is 6.01 Å². The normalized spacial score (nSPS) is 10.3. The highest BCUT2D eigenvalue weighted by Gasteiger charge is 2.05. The predicted molar refractivity (Wildman–Crippen MR) is 65.9 cm³/mol. The topological polar surface area (TPSA) is 104 Å². The van der Waals surface area contributed by atoms with Crippen LogP contribution in [0.1, 0.15) is 12.5 Å². The second-order valence-electron chi connectivity index (χ2n) is 3.61. The van der Waals surface area contributed by atoms with Crippen LogP contribution in [0, 0.1) is 0 Å². The third kappa shape index (κ3) is 3.06. The summed E-state index contributed by atoms with van der Waals surface area (Å²) >= 11 is 0. The number of aryl methyl sites for hydroxylation is 1. The summed E-state index contributed by atoms with van der Waals surface area (Å²) in [4.78, 5) is 11.9. The first-order chi connectivity index (χ1) is 8.67. The van der Waals surface area contributed by atoms with Crippen molar-refractivity contribution in [3.8, 4) is 6.01 Å². The van der Waals surface area contributed by atoms with Crippen LogP contribution in [0.4, 0.5) is 11.9 Å². The SMILES string of the molecule is CCOc1nc(N)nc(NCc2cnn(C)c2)n1. The third-order valence-corrected chi connectivity index (χ3v) is 2.11. The molecule has 0 aliphatic rings. The summed E-state index contributed by atoms with van der Waals surface area (Å²) in [5.74, 6) is 0.511. The average Bonchev–Trinajstić information content (AvgIpc) is 2.72. The van der Waals surface area contributed by atoms with Crippen LogP contribution in [-0.4, -0.2) is 31.3 Å². The van der Waals surface area contributed by atoms with E-state index in [1.807, 2.05) is 20.2 Å². The highest BCUT2D eigenvalue weighted by atomic mass is 16.5. The molecule has 2 rings (SSSR count). The minimum Gasteiger partial charge on any atom is -0.464 e. The summed E-state index contributed by atoms with van der Waals surface area (Å²) < 4.78 is 6.91. The van der Waals surface area contributed by atoms with Gasteiger partial charge in [-0.15, -0.1) is 0 Å². The number of nitrogens with one attached hydrogen (secondary N) is 1. The Labute approximate surface area is 104 Å². The van der Waals surface area contributed by atoms with Crippen LogP contribution in [0.15, 0.2) is 12.4 Å².